The Bertz CT molecular complexity index is 785. The van der Waals surface area contributed by atoms with E-state index in [0.29, 0.717) is 12.6 Å². The van der Waals surface area contributed by atoms with Crippen LogP contribution in [0.3, 0.4) is 0 Å². The van der Waals surface area contributed by atoms with Gasteiger partial charge in [0.25, 0.3) is 5.91 Å². The standard InChI is InChI=1S/C22H32N4O/c1-15(2)26-17(4)21(16(3)24-26)14-25(5)22(27)20-8-6-18(7-9-20)12-19-10-11-23-13-19/h6-9,15,19,23H,10-14H2,1-5H3. The number of aromatic nitrogens is 2. The van der Waals surface area contributed by atoms with Crippen LogP contribution in [0.2, 0.25) is 0 Å². The molecule has 146 valence electrons. The number of aryl methyl sites for hydroxylation is 1. The predicted molar refractivity (Wildman–Crippen MR) is 109 cm³/mol. The molecule has 5 nitrogen and oxygen atoms in total. The van der Waals surface area contributed by atoms with Crippen molar-refractivity contribution in [3.8, 4) is 0 Å². The third-order valence-corrected chi connectivity index (χ3v) is 5.59. The van der Waals surface area contributed by atoms with Crippen molar-refractivity contribution >= 4 is 5.91 Å². The topological polar surface area (TPSA) is 50.2 Å². The van der Waals surface area contributed by atoms with E-state index in [9.17, 15) is 4.79 Å². The first-order valence-corrected chi connectivity index (χ1v) is 9.96. The molecule has 1 unspecified atom stereocenters. The van der Waals surface area contributed by atoms with E-state index in [1.165, 1.54) is 12.0 Å². The summed E-state index contributed by atoms with van der Waals surface area (Å²) in [5, 5.41) is 8.04. The molecule has 1 fully saturated rings. The fourth-order valence-corrected chi connectivity index (χ4v) is 3.96. The largest absolute Gasteiger partial charge is 0.337 e. The highest BCUT2D eigenvalue weighted by Gasteiger charge is 2.19. The van der Waals surface area contributed by atoms with Crippen molar-refractivity contribution < 1.29 is 4.79 Å². The molecule has 0 aliphatic carbocycles. The van der Waals surface area contributed by atoms with Crippen LogP contribution < -0.4 is 5.32 Å². The van der Waals surface area contributed by atoms with Crippen LogP contribution in [-0.2, 0) is 13.0 Å². The third kappa shape index (κ3) is 4.41. The fourth-order valence-electron chi connectivity index (χ4n) is 3.96. The lowest BCUT2D eigenvalue weighted by atomic mass is 9.98. The Kier molecular flexibility index (Phi) is 6.00. The van der Waals surface area contributed by atoms with Crippen molar-refractivity contribution in [2.24, 2.45) is 5.92 Å². The van der Waals surface area contributed by atoms with Crippen LogP contribution in [0.15, 0.2) is 24.3 Å². The molecule has 1 amide bonds. The van der Waals surface area contributed by atoms with Crippen LogP contribution in [0.4, 0.5) is 0 Å². The van der Waals surface area contributed by atoms with Crippen molar-refractivity contribution in [3.63, 3.8) is 0 Å². The summed E-state index contributed by atoms with van der Waals surface area (Å²) in [7, 11) is 1.87. The first kappa shape index (κ1) is 19.6. The van der Waals surface area contributed by atoms with Gasteiger partial charge in [0.1, 0.15) is 0 Å². The minimum atomic E-state index is 0.0557. The zero-order chi connectivity index (χ0) is 19.6. The van der Waals surface area contributed by atoms with Crippen LogP contribution in [0.5, 0.6) is 0 Å². The lowest BCUT2D eigenvalue weighted by molar-refractivity contribution is 0.0784. The Balaban J connectivity index is 1.66. The first-order chi connectivity index (χ1) is 12.9. The monoisotopic (exact) mass is 368 g/mol. The molecule has 5 heteroatoms. The molecule has 1 aromatic carbocycles. The molecule has 1 aliphatic rings. The average Bonchev–Trinajstić information content (AvgIpc) is 3.25. The summed E-state index contributed by atoms with van der Waals surface area (Å²) in [6.07, 6.45) is 2.33. The minimum Gasteiger partial charge on any atom is -0.337 e. The summed E-state index contributed by atoms with van der Waals surface area (Å²) in [6.45, 7) is 11.2. The van der Waals surface area contributed by atoms with Crippen molar-refractivity contribution in [2.45, 2.75) is 53.1 Å². The van der Waals surface area contributed by atoms with E-state index < -0.39 is 0 Å². The van der Waals surface area contributed by atoms with Gasteiger partial charge >= 0.3 is 0 Å². The number of nitrogens with one attached hydrogen (secondary N) is 1. The SMILES string of the molecule is Cc1nn(C(C)C)c(C)c1CN(C)C(=O)c1ccc(CC2CCNC2)cc1. The molecule has 1 aromatic heterocycles. The molecular weight excluding hydrogens is 336 g/mol. The van der Waals surface area contributed by atoms with Crippen LogP contribution in [0.25, 0.3) is 0 Å². The van der Waals surface area contributed by atoms with E-state index in [1.807, 2.05) is 30.8 Å². The minimum absolute atomic E-state index is 0.0557. The van der Waals surface area contributed by atoms with E-state index >= 15 is 0 Å². The predicted octanol–water partition coefficient (Wildman–Crippen LogP) is 3.51. The summed E-state index contributed by atoms with van der Waals surface area (Å²) in [4.78, 5) is 14.6. The van der Waals surface area contributed by atoms with Crippen LogP contribution >= 0.6 is 0 Å². The molecule has 2 aromatic rings. The molecule has 0 radical (unpaired) electrons. The van der Waals surface area contributed by atoms with Gasteiger partial charge in [0.05, 0.1) is 5.69 Å². The zero-order valence-corrected chi connectivity index (χ0v) is 17.2. The quantitative estimate of drug-likeness (QED) is 0.849. The highest BCUT2D eigenvalue weighted by molar-refractivity contribution is 5.94. The second-order valence-corrected chi connectivity index (χ2v) is 8.11. The maximum Gasteiger partial charge on any atom is 0.253 e. The number of nitrogens with zero attached hydrogens (tertiary/aromatic N) is 3. The van der Waals surface area contributed by atoms with Gasteiger partial charge in [-0.05, 0) is 77.2 Å². The number of carbonyl (C=O) groups excluding carboxylic acids is 1. The van der Waals surface area contributed by atoms with Gasteiger partial charge in [-0.1, -0.05) is 12.1 Å². The van der Waals surface area contributed by atoms with Gasteiger partial charge in [0.2, 0.25) is 0 Å². The Morgan fingerprint density at radius 1 is 1.30 bits per heavy atom. The third-order valence-electron chi connectivity index (χ3n) is 5.59. The Morgan fingerprint density at radius 3 is 2.56 bits per heavy atom. The lowest BCUT2D eigenvalue weighted by Gasteiger charge is -2.18. The van der Waals surface area contributed by atoms with Crippen molar-refractivity contribution in [1.82, 2.24) is 20.0 Å². The molecule has 27 heavy (non-hydrogen) atoms. The second-order valence-electron chi connectivity index (χ2n) is 8.11. The zero-order valence-electron chi connectivity index (χ0n) is 17.2. The number of hydrogen-bond donors (Lipinski definition) is 1. The van der Waals surface area contributed by atoms with Crippen molar-refractivity contribution in [3.05, 3.63) is 52.3 Å². The van der Waals surface area contributed by atoms with Gasteiger partial charge in [-0.25, -0.2) is 0 Å². The van der Waals surface area contributed by atoms with E-state index in [2.05, 4.69) is 43.3 Å². The molecule has 0 saturated carbocycles. The molecule has 1 aliphatic heterocycles. The fraction of sp³-hybridized carbons (Fsp3) is 0.545. The highest BCUT2D eigenvalue weighted by atomic mass is 16.2. The normalized spacial score (nSPS) is 16.9. The molecule has 3 rings (SSSR count). The molecule has 1 N–H and O–H groups in total. The number of carbonyl (C=O) groups is 1. The first-order valence-electron chi connectivity index (χ1n) is 9.96. The Morgan fingerprint density at radius 2 is 2.00 bits per heavy atom. The van der Waals surface area contributed by atoms with Crippen LogP contribution in [0.1, 0.15) is 59.2 Å². The highest BCUT2D eigenvalue weighted by Crippen LogP contribution is 2.20. The van der Waals surface area contributed by atoms with Gasteiger partial charge in [-0.15, -0.1) is 0 Å². The average molecular weight is 369 g/mol. The van der Waals surface area contributed by atoms with E-state index in [4.69, 9.17) is 0 Å². The van der Waals surface area contributed by atoms with Crippen molar-refractivity contribution in [2.75, 3.05) is 20.1 Å². The maximum atomic E-state index is 12.9. The summed E-state index contributed by atoms with van der Waals surface area (Å²) >= 11 is 0. The van der Waals surface area contributed by atoms with Gasteiger partial charge in [-0.3, -0.25) is 9.48 Å². The smallest absolute Gasteiger partial charge is 0.253 e. The number of benzene rings is 1. The second kappa shape index (κ2) is 8.26. The lowest BCUT2D eigenvalue weighted by Crippen LogP contribution is -2.26. The van der Waals surface area contributed by atoms with Gasteiger partial charge < -0.3 is 10.2 Å². The van der Waals surface area contributed by atoms with E-state index in [-0.39, 0.29) is 5.91 Å². The number of amides is 1. The molecule has 1 saturated heterocycles. The van der Waals surface area contributed by atoms with Gasteiger partial charge in [0, 0.05) is 36.5 Å². The van der Waals surface area contributed by atoms with Crippen LogP contribution in [-0.4, -0.2) is 40.7 Å². The number of hydrogen-bond acceptors (Lipinski definition) is 3. The summed E-state index contributed by atoms with van der Waals surface area (Å²) in [6, 6.07) is 8.46. The van der Waals surface area contributed by atoms with Gasteiger partial charge in [-0.2, -0.15) is 5.10 Å². The molecule has 1 atom stereocenters. The molecule has 0 spiro atoms. The Hall–Kier alpha value is -2.14. The summed E-state index contributed by atoms with van der Waals surface area (Å²) in [5.41, 5.74) is 5.35. The Labute approximate surface area is 162 Å². The summed E-state index contributed by atoms with van der Waals surface area (Å²) in [5.74, 6) is 0.776. The molecule has 0 bridgehead atoms. The number of rotatable bonds is 6. The molecule has 2 heterocycles. The van der Waals surface area contributed by atoms with Crippen molar-refractivity contribution in [1.29, 1.82) is 0 Å². The maximum absolute atomic E-state index is 12.9. The summed E-state index contributed by atoms with van der Waals surface area (Å²) < 4.78 is 2.04. The van der Waals surface area contributed by atoms with Crippen LogP contribution in [0, 0.1) is 19.8 Å². The van der Waals surface area contributed by atoms with E-state index in [0.717, 1.165) is 47.9 Å². The van der Waals surface area contributed by atoms with Gasteiger partial charge in [0.15, 0.2) is 0 Å². The van der Waals surface area contributed by atoms with E-state index in [1.54, 1.807) is 4.90 Å². The molecular formula is C22H32N4O.